The molecule has 23 heavy (non-hydrogen) atoms. The molecule has 2 heterocycles. The van der Waals surface area contributed by atoms with Crippen molar-refractivity contribution in [1.29, 1.82) is 0 Å². The van der Waals surface area contributed by atoms with Crippen molar-refractivity contribution in [2.45, 2.75) is 12.6 Å². The number of rotatable bonds is 3. The van der Waals surface area contributed by atoms with Gasteiger partial charge in [-0.25, -0.2) is 0 Å². The molecule has 0 saturated carbocycles. The lowest BCUT2D eigenvalue weighted by molar-refractivity contribution is -0.145. The number of likely N-dealkylation sites (N-methyl/N-ethyl adjacent to an activating group) is 1. The number of carboxylic acids is 1. The number of aliphatic carboxylic acids is 1. The summed E-state index contributed by atoms with van der Waals surface area (Å²) >= 11 is 0. The number of benzene rings is 1. The molecule has 1 N–H and O–H groups in total. The number of fused-ring (bicyclic) bond motifs is 1. The number of aromatic nitrogens is 1. The molecule has 1 aliphatic heterocycles. The van der Waals surface area contributed by atoms with Crippen LogP contribution in [0.1, 0.15) is 5.56 Å². The molecule has 1 aromatic carbocycles. The Balaban J connectivity index is 1.88. The van der Waals surface area contributed by atoms with Gasteiger partial charge in [0.05, 0.1) is 5.52 Å². The van der Waals surface area contributed by atoms with Crippen molar-refractivity contribution in [2.75, 3.05) is 26.7 Å². The molecule has 1 fully saturated rings. The van der Waals surface area contributed by atoms with Crippen molar-refractivity contribution in [3.05, 3.63) is 46.2 Å². The van der Waals surface area contributed by atoms with E-state index in [9.17, 15) is 14.7 Å². The van der Waals surface area contributed by atoms with Crippen LogP contribution < -0.4 is 5.56 Å². The number of carboxylic acid groups (broad SMARTS) is 1. The SMILES string of the molecule is CN1CCN(Cc2cc3ccccc3n(C)c2=O)CC1C(=O)O. The van der Waals surface area contributed by atoms with E-state index in [-0.39, 0.29) is 5.56 Å². The van der Waals surface area contributed by atoms with Crippen molar-refractivity contribution in [3.63, 3.8) is 0 Å². The van der Waals surface area contributed by atoms with Gasteiger partial charge in [-0.15, -0.1) is 0 Å². The van der Waals surface area contributed by atoms with E-state index in [4.69, 9.17) is 0 Å². The molecule has 0 bridgehead atoms. The summed E-state index contributed by atoms with van der Waals surface area (Å²) in [5.74, 6) is -0.816. The van der Waals surface area contributed by atoms with Gasteiger partial charge in [-0.3, -0.25) is 19.4 Å². The van der Waals surface area contributed by atoms with Crippen LogP contribution in [0.3, 0.4) is 0 Å². The highest BCUT2D eigenvalue weighted by atomic mass is 16.4. The maximum atomic E-state index is 12.5. The van der Waals surface area contributed by atoms with Crippen LogP contribution in [0.15, 0.2) is 35.1 Å². The van der Waals surface area contributed by atoms with Gasteiger partial charge < -0.3 is 9.67 Å². The second-order valence-electron chi connectivity index (χ2n) is 6.16. The zero-order valence-corrected chi connectivity index (χ0v) is 13.4. The molecule has 0 spiro atoms. The number of aryl methyl sites for hydroxylation is 1. The molecule has 1 aromatic heterocycles. The zero-order chi connectivity index (χ0) is 16.6. The van der Waals surface area contributed by atoms with Crippen molar-refractivity contribution in [1.82, 2.24) is 14.4 Å². The van der Waals surface area contributed by atoms with Gasteiger partial charge in [0.25, 0.3) is 5.56 Å². The minimum Gasteiger partial charge on any atom is -0.480 e. The molecule has 122 valence electrons. The van der Waals surface area contributed by atoms with Crippen LogP contribution in [-0.2, 0) is 18.4 Å². The van der Waals surface area contributed by atoms with E-state index in [2.05, 4.69) is 0 Å². The van der Waals surface area contributed by atoms with Crippen LogP contribution >= 0.6 is 0 Å². The zero-order valence-electron chi connectivity index (χ0n) is 13.4. The van der Waals surface area contributed by atoms with Crippen LogP contribution in [0.4, 0.5) is 0 Å². The van der Waals surface area contributed by atoms with Gasteiger partial charge in [0, 0.05) is 38.8 Å². The highest BCUT2D eigenvalue weighted by Gasteiger charge is 2.30. The average Bonchev–Trinajstić information content (AvgIpc) is 2.54. The molecule has 1 saturated heterocycles. The van der Waals surface area contributed by atoms with Crippen LogP contribution in [0.2, 0.25) is 0 Å². The molecule has 0 amide bonds. The van der Waals surface area contributed by atoms with E-state index in [1.807, 2.05) is 47.2 Å². The quantitative estimate of drug-likeness (QED) is 0.905. The van der Waals surface area contributed by atoms with E-state index in [1.165, 1.54) is 0 Å². The largest absolute Gasteiger partial charge is 0.480 e. The third-order valence-corrected chi connectivity index (χ3v) is 4.62. The van der Waals surface area contributed by atoms with Gasteiger partial charge >= 0.3 is 5.97 Å². The lowest BCUT2D eigenvalue weighted by atomic mass is 10.1. The van der Waals surface area contributed by atoms with Gasteiger partial charge in [-0.2, -0.15) is 0 Å². The fraction of sp³-hybridized carbons (Fsp3) is 0.412. The smallest absolute Gasteiger partial charge is 0.322 e. The maximum absolute atomic E-state index is 12.5. The summed E-state index contributed by atoms with van der Waals surface area (Å²) in [6.45, 7) is 2.36. The fourth-order valence-electron chi connectivity index (χ4n) is 3.18. The summed E-state index contributed by atoms with van der Waals surface area (Å²) in [4.78, 5) is 27.8. The molecule has 1 aliphatic rings. The van der Waals surface area contributed by atoms with Gasteiger partial charge in [0.1, 0.15) is 6.04 Å². The monoisotopic (exact) mass is 315 g/mol. The molecular weight excluding hydrogens is 294 g/mol. The Morgan fingerprint density at radius 3 is 2.74 bits per heavy atom. The Morgan fingerprint density at radius 2 is 2.00 bits per heavy atom. The molecule has 1 unspecified atom stereocenters. The van der Waals surface area contributed by atoms with Crippen molar-refractivity contribution < 1.29 is 9.90 Å². The number of pyridine rings is 1. The van der Waals surface area contributed by atoms with E-state index >= 15 is 0 Å². The minimum atomic E-state index is -0.816. The first-order valence-electron chi connectivity index (χ1n) is 7.70. The second kappa shape index (κ2) is 6.14. The Labute approximate surface area is 134 Å². The summed E-state index contributed by atoms with van der Waals surface area (Å²) in [5.41, 5.74) is 1.59. The lowest BCUT2D eigenvalue weighted by Gasteiger charge is -2.37. The molecule has 0 aliphatic carbocycles. The van der Waals surface area contributed by atoms with E-state index in [0.717, 1.165) is 17.4 Å². The molecule has 1 atom stereocenters. The number of piperazine rings is 1. The summed E-state index contributed by atoms with van der Waals surface area (Å²) in [5, 5.41) is 10.3. The summed E-state index contributed by atoms with van der Waals surface area (Å²) in [6.07, 6.45) is 0. The third kappa shape index (κ3) is 3.00. The Hall–Kier alpha value is -2.18. The standard InChI is InChI=1S/C17H21N3O3/c1-18-7-8-20(11-15(18)17(22)23)10-13-9-12-5-3-4-6-14(12)19(2)16(13)21/h3-6,9,15H,7-8,10-11H2,1-2H3,(H,22,23). The maximum Gasteiger partial charge on any atom is 0.322 e. The molecule has 0 radical (unpaired) electrons. The van der Waals surface area contributed by atoms with Crippen LogP contribution in [0, 0.1) is 0 Å². The summed E-state index contributed by atoms with van der Waals surface area (Å²) < 4.78 is 1.66. The first-order chi connectivity index (χ1) is 11.0. The van der Waals surface area contributed by atoms with Crippen molar-refractivity contribution in [2.24, 2.45) is 7.05 Å². The van der Waals surface area contributed by atoms with Gasteiger partial charge in [-0.1, -0.05) is 18.2 Å². The second-order valence-corrected chi connectivity index (χ2v) is 6.16. The highest BCUT2D eigenvalue weighted by molar-refractivity contribution is 5.79. The van der Waals surface area contributed by atoms with Crippen LogP contribution in [0.5, 0.6) is 0 Å². The predicted molar refractivity (Wildman–Crippen MR) is 88.5 cm³/mol. The number of hydrogen-bond acceptors (Lipinski definition) is 4. The number of carbonyl (C=O) groups is 1. The van der Waals surface area contributed by atoms with Gasteiger partial charge in [0.15, 0.2) is 0 Å². The molecule has 6 nitrogen and oxygen atoms in total. The Bertz CT molecular complexity index is 799. The van der Waals surface area contributed by atoms with E-state index in [0.29, 0.717) is 25.2 Å². The van der Waals surface area contributed by atoms with Gasteiger partial charge in [0.2, 0.25) is 0 Å². The Kier molecular flexibility index (Phi) is 4.19. The predicted octanol–water partition coefficient (Wildman–Crippen LogP) is 0.739. The topological polar surface area (TPSA) is 65.8 Å². The lowest BCUT2D eigenvalue weighted by Crippen LogP contribution is -2.54. The minimum absolute atomic E-state index is 0.0190. The molecule has 6 heteroatoms. The molecule has 3 rings (SSSR count). The van der Waals surface area contributed by atoms with Gasteiger partial charge in [-0.05, 0) is 24.6 Å². The average molecular weight is 315 g/mol. The molecule has 2 aromatic rings. The first-order valence-corrected chi connectivity index (χ1v) is 7.70. The fourth-order valence-corrected chi connectivity index (χ4v) is 3.18. The summed E-state index contributed by atoms with van der Waals surface area (Å²) in [7, 11) is 3.60. The third-order valence-electron chi connectivity index (χ3n) is 4.62. The number of para-hydroxylation sites is 1. The number of nitrogens with zero attached hydrogens (tertiary/aromatic N) is 3. The van der Waals surface area contributed by atoms with Crippen LogP contribution in [0.25, 0.3) is 10.9 Å². The summed E-state index contributed by atoms with van der Waals surface area (Å²) in [6, 6.07) is 9.19. The normalized spacial score (nSPS) is 20.0. The van der Waals surface area contributed by atoms with Crippen molar-refractivity contribution >= 4 is 16.9 Å². The van der Waals surface area contributed by atoms with Crippen LogP contribution in [-0.4, -0.2) is 58.2 Å². The van der Waals surface area contributed by atoms with Crippen molar-refractivity contribution in [3.8, 4) is 0 Å². The first kappa shape index (κ1) is 15.7. The molecular formula is C17H21N3O3. The Morgan fingerprint density at radius 1 is 1.26 bits per heavy atom. The van der Waals surface area contributed by atoms with E-state index in [1.54, 1.807) is 11.6 Å². The number of hydrogen-bond donors (Lipinski definition) is 1. The van der Waals surface area contributed by atoms with E-state index < -0.39 is 12.0 Å². The highest BCUT2D eigenvalue weighted by Crippen LogP contribution is 2.15.